The van der Waals surface area contributed by atoms with Crippen LogP contribution in [-0.4, -0.2) is 12.5 Å². The molecule has 1 aromatic heterocycles. The van der Waals surface area contributed by atoms with Gasteiger partial charge in [-0.15, -0.1) is 0 Å². The van der Waals surface area contributed by atoms with Crippen LogP contribution in [0.1, 0.15) is 5.56 Å². The van der Waals surface area contributed by atoms with Crippen molar-refractivity contribution in [2.45, 2.75) is 0 Å². The second-order valence-corrected chi connectivity index (χ2v) is 5.75. The molecule has 26 heavy (non-hydrogen) atoms. The van der Waals surface area contributed by atoms with Crippen molar-refractivity contribution in [3.63, 3.8) is 0 Å². The summed E-state index contributed by atoms with van der Waals surface area (Å²) in [5.41, 5.74) is 2.53. The molecule has 1 heterocycles. The van der Waals surface area contributed by atoms with Crippen molar-refractivity contribution in [1.29, 1.82) is 5.26 Å². The Hall–Kier alpha value is -3.78. The first-order valence-electron chi connectivity index (χ1n) is 8.08. The van der Waals surface area contributed by atoms with E-state index in [-0.39, 0.29) is 12.5 Å². The summed E-state index contributed by atoms with van der Waals surface area (Å²) in [4.78, 5) is 12.1. The second kappa shape index (κ2) is 6.61. The van der Waals surface area contributed by atoms with Crippen molar-refractivity contribution in [2.24, 2.45) is 0 Å². The molecule has 0 saturated heterocycles. The lowest BCUT2D eigenvalue weighted by molar-refractivity contribution is -0.118. The van der Waals surface area contributed by atoms with E-state index in [1.165, 1.54) is 0 Å². The zero-order valence-electron chi connectivity index (χ0n) is 13.7. The topological polar surface area (TPSA) is 75.3 Å². The molecule has 126 valence electrons. The zero-order valence-corrected chi connectivity index (χ0v) is 13.7. The van der Waals surface area contributed by atoms with Crippen LogP contribution in [0.2, 0.25) is 0 Å². The molecule has 0 radical (unpaired) electrons. The summed E-state index contributed by atoms with van der Waals surface area (Å²) in [6.07, 6.45) is 0. The molecule has 4 aromatic rings. The van der Waals surface area contributed by atoms with Gasteiger partial charge in [0.15, 0.2) is 6.61 Å². The minimum Gasteiger partial charge on any atom is -0.482 e. The number of amides is 1. The van der Waals surface area contributed by atoms with Gasteiger partial charge < -0.3 is 14.5 Å². The molecule has 0 fully saturated rings. The van der Waals surface area contributed by atoms with Crippen LogP contribution < -0.4 is 10.1 Å². The van der Waals surface area contributed by atoms with E-state index in [2.05, 4.69) is 5.32 Å². The van der Waals surface area contributed by atoms with Crippen LogP contribution in [-0.2, 0) is 4.79 Å². The third-order valence-corrected chi connectivity index (χ3v) is 4.03. The third kappa shape index (κ3) is 2.96. The number of benzene rings is 3. The fourth-order valence-electron chi connectivity index (χ4n) is 2.83. The molecular formula is C21H14N2O3. The van der Waals surface area contributed by atoms with Gasteiger partial charge in [-0.2, -0.15) is 5.26 Å². The highest BCUT2D eigenvalue weighted by atomic mass is 16.5. The molecule has 0 bridgehead atoms. The Labute approximate surface area is 149 Å². The molecule has 0 unspecified atom stereocenters. The average molecular weight is 342 g/mol. The first-order valence-corrected chi connectivity index (χ1v) is 8.08. The Bertz CT molecular complexity index is 1150. The highest BCUT2D eigenvalue weighted by molar-refractivity contribution is 6.06. The van der Waals surface area contributed by atoms with E-state index in [1.807, 2.05) is 42.5 Å². The third-order valence-electron chi connectivity index (χ3n) is 4.03. The van der Waals surface area contributed by atoms with Crippen LogP contribution in [0.25, 0.3) is 21.9 Å². The largest absolute Gasteiger partial charge is 0.482 e. The Balaban J connectivity index is 1.49. The van der Waals surface area contributed by atoms with E-state index in [1.54, 1.807) is 30.3 Å². The number of hydrogen-bond donors (Lipinski definition) is 1. The lowest BCUT2D eigenvalue weighted by Crippen LogP contribution is -2.20. The maximum atomic E-state index is 12.1. The number of anilines is 1. The highest BCUT2D eigenvalue weighted by Gasteiger charge is 2.10. The number of hydrogen-bond acceptors (Lipinski definition) is 4. The van der Waals surface area contributed by atoms with E-state index in [4.69, 9.17) is 14.4 Å². The smallest absolute Gasteiger partial charge is 0.262 e. The fraction of sp³-hybridized carbons (Fsp3) is 0.0476. The summed E-state index contributed by atoms with van der Waals surface area (Å²) in [5, 5.41) is 13.9. The lowest BCUT2D eigenvalue weighted by atomic mass is 10.1. The van der Waals surface area contributed by atoms with Crippen molar-refractivity contribution in [3.05, 3.63) is 72.3 Å². The SMILES string of the molecule is N#Cc1ccccc1OCC(=O)Nc1ccc2c(c1)oc1ccccc12. The molecule has 3 aromatic carbocycles. The van der Waals surface area contributed by atoms with Crippen LogP contribution in [0, 0.1) is 11.3 Å². The normalized spacial score (nSPS) is 10.6. The van der Waals surface area contributed by atoms with Gasteiger partial charge in [0.05, 0.1) is 5.56 Å². The molecule has 0 aliphatic heterocycles. The predicted octanol–water partition coefficient (Wildman–Crippen LogP) is 4.48. The molecule has 0 aliphatic carbocycles. The van der Waals surface area contributed by atoms with Crippen molar-refractivity contribution in [2.75, 3.05) is 11.9 Å². The molecule has 0 atom stereocenters. The average Bonchev–Trinajstić information content (AvgIpc) is 3.04. The Kier molecular flexibility index (Phi) is 4.00. The minimum atomic E-state index is -0.312. The van der Waals surface area contributed by atoms with E-state index in [0.717, 1.165) is 16.4 Å². The standard InChI is InChI=1S/C21H14N2O3/c22-12-14-5-1-3-7-18(14)25-13-21(24)23-15-9-10-17-16-6-2-4-8-19(16)26-20(17)11-15/h1-11H,13H2,(H,23,24). The van der Waals surface area contributed by atoms with Gasteiger partial charge in [0.2, 0.25) is 0 Å². The number of nitrogens with one attached hydrogen (secondary N) is 1. The van der Waals surface area contributed by atoms with Crippen molar-refractivity contribution in [3.8, 4) is 11.8 Å². The monoisotopic (exact) mass is 342 g/mol. The molecule has 5 nitrogen and oxygen atoms in total. The summed E-state index contributed by atoms with van der Waals surface area (Å²) in [6, 6.07) is 22.2. The van der Waals surface area contributed by atoms with Crippen molar-refractivity contribution in [1.82, 2.24) is 0 Å². The highest BCUT2D eigenvalue weighted by Crippen LogP contribution is 2.30. The van der Waals surface area contributed by atoms with Gasteiger partial charge in [-0.3, -0.25) is 4.79 Å². The molecular weight excluding hydrogens is 328 g/mol. The molecule has 1 N–H and O–H groups in total. The van der Waals surface area contributed by atoms with Gasteiger partial charge >= 0.3 is 0 Å². The molecule has 0 spiro atoms. The van der Waals surface area contributed by atoms with Crippen LogP contribution in [0.5, 0.6) is 5.75 Å². The molecule has 5 heteroatoms. The maximum Gasteiger partial charge on any atom is 0.262 e. The van der Waals surface area contributed by atoms with Gasteiger partial charge in [0, 0.05) is 22.5 Å². The summed E-state index contributed by atoms with van der Waals surface area (Å²) >= 11 is 0. The number of nitriles is 1. The number of furan rings is 1. The maximum absolute atomic E-state index is 12.1. The first-order chi connectivity index (χ1) is 12.7. The first kappa shape index (κ1) is 15.7. The molecule has 1 amide bonds. The van der Waals surface area contributed by atoms with Crippen LogP contribution in [0.4, 0.5) is 5.69 Å². The van der Waals surface area contributed by atoms with E-state index in [9.17, 15) is 4.79 Å². The Morgan fingerprint density at radius 2 is 1.77 bits per heavy atom. The zero-order chi connectivity index (χ0) is 17.9. The number of para-hydroxylation sites is 2. The van der Waals surface area contributed by atoms with E-state index < -0.39 is 0 Å². The van der Waals surface area contributed by atoms with E-state index in [0.29, 0.717) is 22.6 Å². The van der Waals surface area contributed by atoms with Gasteiger partial charge in [-0.1, -0.05) is 30.3 Å². The second-order valence-electron chi connectivity index (χ2n) is 5.75. The van der Waals surface area contributed by atoms with Crippen molar-refractivity contribution < 1.29 is 13.9 Å². The van der Waals surface area contributed by atoms with Crippen LogP contribution in [0.15, 0.2) is 71.1 Å². The molecule has 4 rings (SSSR count). The number of nitrogens with zero attached hydrogens (tertiary/aromatic N) is 1. The van der Waals surface area contributed by atoms with Gasteiger partial charge in [-0.05, 0) is 30.3 Å². The predicted molar refractivity (Wildman–Crippen MR) is 99.0 cm³/mol. The molecule has 0 saturated carbocycles. The minimum absolute atomic E-state index is 0.184. The molecule has 0 aliphatic rings. The summed E-state index contributed by atoms with van der Waals surface area (Å²) in [6.45, 7) is -0.184. The fourth-order valence-corrected chi connectivity index (χ4v) is 2.83. The summed E-state index contributed by atoms with van der Waals surface area (Å²) in [7, 11) is 0. The van der Waals surface area contributed by atoms with Crippen LogP contribution >= 0.6 is 0 Å². The van der Waals surface area contributed by atoms with E-state index >= 15 is 0 Å². The Morgan fingerprint density at radius 3 is 2.65 bits per heavy atom. The van der Waals surface area contributed by atoms with Crippen molar-refractivity contribution >= 4 is 33.5 Å². The van der Waals surface area contributed by atoms with Gasteiger partial charge in [0.25, 0.3) is 5.91 Å². The number of ether oxygens (including phenoxy) is 1. The summed E-state index contributed by atoms with van der Waals surface area (Å²) < 4.78 is 11.3. The van der Waals surface area contributed by atoms with Crippen LogP contribution in [0.3, 0.4) is 0 Å². The van der Waals surface area contributed by atoms with Gasteiger partial charge in [-0.25, -0.2) is 0 Å². The number of carbonyl (C=O) groups excluding carboxylic acids is 1. The lowest BCUT2D eigenvalue weighted by Gasteiger charge is -2.08. The Morgan fingerprint density at radius 1 is 1.00 bits per heavy atom. The number of carbonyl (C=O) groups is 1. The summed E-state index contributed by atoms with van der Waals surface area (Å²) in [5.74, 6) is 0.0751. The number of rotatable bonds is 4. The quantitative estimate of drug-likeness (QED) is 0.593. The number of fused-ring (bicyclic) bond motifs is 3. The van der Waals surface area contributed by atoms with Gasteiger partial charge in [0.1, 0.15) is 23.0 Å².